The van der Waals surface area contributed by atoms with Crippen molar-refractivity contribution < 1.29 is 0 Å². The Morgan fingerprint density at radius 1 is 1.33 bits per heavy atom. The molecule has 18 heavy (non-hydrogen) atoms. The van der Waals surface area contributed by atoms with Gasteiger partial charge in [0.2, 0.25) is 5.95 Å². The number of nitrogens with one attached hydrogen (secondary N) is 2. The van der Waals surface area contributed by atoms with Gasteiger partial charge in [0.15, 0.2) is 0 Å². The van der Waals surface area contributed by atoms with Gasteiger partial charge in [0.1, 0.15) is 5.82 Å². The average molecular weight is 246 g/mol. The summed E-state index contributed by atoms with van der Waals surface area (Å²) in [5.74, 6) is 3.57. The van der Waals surface area contributed by atoms with E-state index < -0.39 is 0 Å². The molecule has 2 aliphatic carbocycles. The highest BCUT2D eigenvalue weighted by Crippen LogP contribution is 2.45. The van der Waals surface area contributed by atoms with Gasteiger partial charge in [-0.15, -0.1) is 0 Å². The minimum absolute atomic E-state index is 0.631. The van der Waals surface area contributed by atoms with Crippen molar-refractivity contribution in [3.63, 3.8) is 0 Å². The van der Waals surface area contributed by atoms with Crippen LogP contribution in [0.1, 0.15) is 38.2 Å². The SMILES string of the molecule is CCNc1ncc(C)c(NC2CC3CCC2C3)n1. The Balaban J connectivity index is 1.73. The second-order valence-corrected chi connectivity index (χ2v) is 5.68. The van der Waals surface area contributed by atoms with Crippen LogP contribution in [0.3, 0.4) is 0 Å². The zero-order chi connectivity index (χ0) is 12.5. The Hall–Kier alpha value is -1.32. The van der Waals surface area contributed by atoms with Gasteiger partial charge in [-0.25, -0.2) is 4.98 Å². The molecule has 4 nitrogen and oxygen atoms in total. The molecule has 2 bridgehead atoms. The summed E-state index contributed by atoms with van der Waals surface area (Å²) in [5.41, 5.74) is 1.14. The molecule has 2 N–H and O–H groups in total. The summed E-state index contributed by atoms with van der Waals surface area (Å²) in [6, 6.07) is 0.631. The molecule has 0 aliphatic heterocycles. The van der Waals surface area contributed by atoms with Crippen LogP contribution in [0.2, 0.25) is 0 Å². The van der Waals surface area contributed by atoms with Gasteiger partial charge in [0.05, 0.1) is 0 Å². The molecule has 3 unspecified atom stereocenters. The van der Waals surface area contributed by atoms with Crippen LogP contribution in [0.25, 0.3) is 0 Å². The van der Waals surface area contributed by atoms with Crippen molar-refractivity contribution >= 4 is 11.8 Å². The molecule has 4 heteroatoms. The first-order valence-corrected chi connectivity index (χ1v) is 7.10. The van der Waals surface area contributed by atoms with E-state index >= 15 is 0 Å². The van der Waals surface area contributed by atoms with Crippen LogP contribution < -0.4 is 10.6 Å². The summed E-state index contributed by atoms with van der Waals surface area (Å²) in [7, 11) is 0. The van der Waals surface area contributed by atoms with E-state index in [2.05, 4.69) is 34.4 Å². The lowest BCUT2D eigenvalue weighted by Gasteiger charge is -2.24. The maximum atomic E-state index is 4.58. The van der Waals surface area contributed by atoms with Crippen LogP contribution in [0.4, 0.5) is 11.8 Å². The number of aromatic nitrogens is 2. The minimum Gasteiger partial charge on any atom is -0.367 e. The predicted octanol–water partition coefficient (Wildman–Crippen LogP) is 2.82. The molecule has 98 valence electrons. The van der Waals surface area contributed by atoms with Gasteiger partial charge in [-0.1, -0.05) is 6.42 Å². The highest BCUT2D eigenvalue weighted by atomic mass is 15.1. The van der Waals surface area contributed by atoms with Crippen molar-refractivity contribution in [1.29, 1.82) is 0 Å². The molecule has 3 atom stereocenters. The van der Waals surface area contributed by atoms with E-state index in [1.807, 2.05) is 6.20 Å². The molecular formula is C14H22N4. The molecule has 1 aromatic rings. The summed E-state index contributed by atoms with van der Waals surface area (Å²) in [4.78, 5) is 8.86. The van der Waals surface area contributed by atoms with E-state index in [0.29, 0.717) is 6.04 Å². The van der Waals surface area contributed by atoms with Crippen LogP contribution in [0, 0.1) is 18.8 Å². The largest absolute Gasteiger partial charge is 0.367 e. The predicted molar refractivity (Wildman–Crippen MR) is 73.8 cm³/mol. The van der Waals surface area contributed by atoms with E-state index in [1.165, 1.54) is 25.7 Å². The Morgan fingerprint density at radius 3 is 2.89 bits per heavy atom. The Bertz CT molecular complexity index is 432. The number of aryl methyl sites for hydroxylation is 1. The van der Waals surface area contributed by atoms with Crippen molar-refractivity contribution in [2.24, 2.45) is 11.8 Å². The molecule has 3 rings (SSSR count). The number of rotatable bonds is 4. The summed E-state index contributed by atoms with van der Waals surface area (Å²) in [6.45, 7) is 4.99. The second-order valence-electron chi connectivity index (χ2n) is 5.68. The molecule has 0 spiro atoms. The highest BCUT2D eigenvalue weighted by Gasteiger charge is 2.39. The molecule has 0 saturated heterocycles. The lowest BCUT2D eigenvalue weighted by Crippen LogP contribution is -2.27. The lowest BCUT2D eigenvalue weighted by molar-refractivity contribution is 0.439. The van der Waals surface area contributed by atoms with Crippen LogP contribution in [-0.4, -0.2) is 22.6 Å². The number of nitrogens with zero attached hydrogens (tertiary/aromatic N) is 2. The first-order valence-electron chi connectivity index (χ1n) is 7.10. The van der Waals surface area contributed by atoms with Gasteiger partial charge in [-0.2, -0.15) is 4.98 Å². The van der Waals surface area contributed by atoms with Gasteiger partial charge < -0.3 is 10.6 Å². The first kappa shape index (κ1) is 11.8. The molecule has 2 fully saturated rings. The molecule has 2 saturated carbocycles. The van der Waals surface area contributed by atoms with E-state index in [-0.39, 0.29) is 0 Å². The van der Waals surface area contributed by atoms with E-state index in [0.717, 1.165) is 35.7 Å². The monoisotopic (exact) mass is 246 g/mol. The van der Waals surface area contributed by atoms with Crippen molar-refractivity contribution in [1.82, 2.24) is 9.97 Å². The van der Waals surface area contributed by atoms with Gasteiger partial charge in [0.25, 0.3) is 0 Å². The van der Waals surface area contributed by atoms with Crippen LogP contribution in [0.5, 0.6) is 0 Å². The summed E-state index contributed by atoms with van der Waals surface area (Å²) < 4.78 is 0. The van der Waals surface area contributed by atoms with Gasteiger partial charge in [-0.3, -0.25) is 0 Å². The standard InChI is InChI=1S/C14H22N4/c1-3-15-14-16-8-9(2)13(18-14)17-12-7-10-4-5-11(12)6-10/h8,10-12H,3-7H2,1-2H3,(H2,15,16,17,18). The van der Waals surface area contributed by atoms with Crippen molar-refractivity contribution in [2.45, 2.75) is 45.6 Å². The van der Waals surface area contributed by atoms with E-state index in [1.54, 1.807) is 0 Å². The molecule has 0 radical (unpaired) electrons. The Morgan fingerprint density at radius 2 is 2.22 bits per heavy atom. The fourth-order valence-corrected chi connectivity index (χ4v) is 3.43. The van der Waals surface area contributed by atoms with Crippen LogP contribution >= 0.6 is 0 Å². The number of hydrogen-bond donors (Lipinski definition) is 2. The molecule has 2 aliphatic rings. The van der Waals surface area contributed by atoms with Gasteiger partial charge >= 0.3 is 0 Å². The molecular weight excluding hydrogens is 224 g/mol. The maximum Gasteiger partial charge on any atom is 0.224 e. The normalized spacial score (nSPS) is 29.6. The van der Waals surface area contributed by atoms with Gasteiger partial charge in [0, 0.05) is 24.3 Å². The van der Waals surface area contributed by atoms with E-state index in [9.17, 15) is 0 Å². The Labute approximate surface area is 109 Å². The Kier molecular flexibility index (Phi) is 3.10. The smallest absolute Gasteiger partial charge is 0.224 e. The number of hydrogen-bond acceptors (Lipinski definition) is 4. The average Bonchev–Trinajstić information content (AvgIpc) is 2.96. The zero-order valence-corrected chi connectivity index (χ0v) is 11.2. The quantitative estimate of drug-likeness (QED) is 0.857. The first-order chi connectivity index (χ1) is 8.76. The molecule has 0 aromatic carbocycles. The maximum absolute atomic E-state index is 4.58. The highest BCUT2D eigenvalue weighted by molar-refractivity contribution is 5.47. The third-order valence-corrected chi connectivity index (χ3v) is 4.37. The van der Waals surface area contributed by atoms with Crippen LogP contribution in [-0.2, 0) is 0 Å². The second kappa shape index (κ2) is 4.75. The third-order valence-electron chi connectivity index (χ3n) is 4.37. The third kappa shape index (κ3) is 2.16. The van der Waals surface area contributed by atoms with Crippen LogP contribution in [0.15, 0.2) is 6.20 Å². The fourth-order valence-electron chi connectivity index (χ4n) is 3.43. The molecule has 1 aromatic heterocycles. The lowest BCUT2D eigenvalue weighted by atomic mass is 9.95. The topological polar surface area (TPSA) is 49.8 Å². The van der Waals surface area contributed by atoms with Crippen molar-refractivity contribution in [3.05, 3.63) is 11.8 Å². The number of anilines is 2. The summed E-state index contributed by atoms with van der Waals surface area (Å²) in [6.07, 6.45) is 7.48. The molecule has 0 amide bonds. The van der Waals surface area contributed by atoms with Crippen molar-refractivity contribution in [3.8, 4) is 0 Å². The van der Waals surface area contributed by atoms with Crippen molar-refractivity contribution in [2.75, 3.05) is 17.2 Å². The number of fused-ring (bicyclic) bond motifs is 2. The summed E-state index contributed by atoms with van der Waals surface area (Å²) in [5, 5.41) is 6.82. The molecule has 1 heterocycles. The fraction of sp³-hybridized carbons (Fsp3) is 0.714. The van der Waals surface area contributed by atoms with E-state index in [4.69, 9.17) is 0 Å². The van der Waals surface area contributed by atoms with Gasteiger partial charge in [-0.05, 0) is 44.9 Å². The zero-order valence-electron chi connectivity index (χ0n) is 11.2. The minimum atomic E-state index is 0.631. The summed E-state index contributed by atoms with van der Waals surface area (Å²) >= 11 is 0.